The molecule has 0 amide bonds. The molecule has 1 rings (SSSR count). The zero-order chi connectivity index (χ0) is 14.3. The number of benzene rings is 1. The summed E-state index contributed by atoms with van der Waals surface area (Å²) in [6.07, 6.45) is 0. The Hall–Kier alpha value is -1.01. The fourth-order valence-corrected chi connectivity index (χ4v) is 1.26. The number of hydrogen-bond donors (Lipinski definition) is 4. The van der Waals surface area contributed by atoms with E-state index in [1.807, 2.05) is 31.3 Å². The van der Waals surface area contributed by atoms with Crippen molar-refractivity contribution in [1.29, 1.82) is 0 Å². The lowest BCUT2D eigenvalue weighted by molar-refractivity contribution is 0.201. The average molecular weight is 290 g/mol. The molecule has 5 N–H and O–H groups in total. The highest BCUT2D eigenvalue weighted by Crippen LogP contribution is 2.15. The van der Waals surface area contributed by atoms with Crippen LogP contribution < -0.4 is 21.1 Å². The van der Waals surface area contributed by atoms with Crippen molar-refractivity contribution in [3.05, 3.63) is 24.3 Å². The highest BCUT2D eigenvalue weighted by molar-refractivity contribution is 6.18. The molecule has 0 radical (unpaired) electrons. The molecular weight excluding hydrogens is 266 g/mol. The van der Waals surface area contributed by atoms with Crippen molar-refractivity contribution >= 4 is 17.3 Å². The summed E-state index contributed by atoms with van der Waals surface area (Å²) in [5, 5.41) is 14.6. The maximum Gasteiger partial charge on any atom is 0.119 e. The first kappa shape index (κ1) is 18.0. The lowest BCUT2D eigenvalue weighted by Crippen LogP contribution is -2.17. The van der Waals surface area contributed by atoms with Crippen LogP contribution in [0.1, 0.15) is 0 Å². The average Bonchev–Trinajstić information content (AvgIpc) is 2.45. The summed E-state index contributed by atoms with van der Waals surface area (Å²) < 4.78 is 5.21. The summed E-state index contributed by atoms with van der Waals surface area (Å²) in [5.74, 6) is 1.35. The first-order chi connectivity index (χ1) is 9.28. The number of aliphatic hydroxyl groups excluding tert-OH is 1. The fourth-order valence-electron chi connectivity index (χ4n) is 1.17. The van der Waals surface area contributed by atoms with E-state index in [2.05, 4.69) is 10.6 Å². The Morgan fingerprint density at radius 1 is 1.26 bits per heavy atom. The molecule has 6 heteroatoms. The van der Waals surface area contributed by atoms with E-state index in [1.54, 1.807) is 0 Å². The van der Waals surface area contributed by atoms with E-state index in [1.165, 1.54) is 0 Å². The van der Waals surface area contributed by atoms with Gasteiger partial charge < -0.3 is 26.2 Å². The van der Waals surface area contributed by atoms with Gasteiger partial charge in [0.05, 0.1) is 6.61 Å². The van der Waals surface area contributed by atoms with Crippen molar-refractivity contribution < 1.29 is 9.84 Å². The molecule has 0 unspecified atom stereocenters. The van der Waals surface area contributed by atoms with Crippen molar-refractivity contribution in [2.75, 3.05) is 51.1 Å². The molecule has 0 bridgehead atoms. The third-order valence-electron chi connectivity index (χ3n) is 2.03. The third kappa shape index (κ3) is 10.6. The lowest BCUT2D eigenvalue weighted by Gasteiger charge is -2.06. The number of nitrogens with one attached hydrogen (secondary N) is 2. The number of nitrogens with two attached hydrogens (primary N) is 1. The van der Waals surface area contributed by atoms with Crippen molar-refractivity contribution in [1.82, 2.24) is 5.32 Å². The summed E-state index contributed by atoms with van der Waals surface area (Å²) >= 11 is 5.54. The zero-order valence-electron chi connectivity index (χ0n) is 11.4. The number of ether oxygens (including phenoxy) is 1. The summed E-state index contributed by atoms with van der Waals surface area (Å²) in [5.41, 5.74) is 6.09. The van der Waals surface area contributed by atoms with Gasteiger partial charge in [0.1, 0.15) is 12.4 Å². The van der Waals surface area contributed by atoms with Crippen LogP contribution >= 0.6 is 11.6 Å². The molecular formula is C13H24ClN3O2. The Labute approximate surface area is 120 Å². The lowest BCUT2D eigenvalue weighted by atomic mass is 10.3. The van der Waals surface area contributed by atoms with E-state index < -0.39 is 0 Å². The van der Waals surface area contributed by atoms with Crippen LogP contribution in [-0.4, -0.2) is 50.9 Å². The van der Waals surface area contributed by atoms with Crippen molar-refractivity contribution in [2.45, 2.75) is 0 Å². The monoisotopic (exact) mass is 289 g/mol. The molecule has 0 aliphatic heterocycles. The molecule has 0 heterocycles. The Balaban J connectivity index is 0.000000555. The molecule has 19 heavy (non-hydrogen) atoms. The molecule has 0 aliphatic carbocycles. The van der Waals surface area contributed by atoms with Gasteiger partial charge in [-0.1, -0.05) is 0 Å². The highest BCUT2D eigenvalue weighted by atomic mass is 35.5. The minimum absolute atomic E-state index is 0.0340. The van der Waals surface area contributed by atoms with E-state index in [4.69, 9.17) is 27.2 Å². The largest absolute Gasteiger partial charge is 0.491 e. The molecule has 1 aromatic rings. The molecule has 0 saturated heterocycles. The van der Waals surface area contributed by atoms with E-state index in [0.29, 0.717) is 12.5 Å². The van der Waals surface area contributed by atoms with Crippen LogP contribution in [0.5, 0.6) is 5.75 Å². The maximum absolute atomic E-state index is 8.55. The summed E-state index contributed by atoms with van der Waals surface area (Å²) in [6.45, 7) is 2.76. The summed E-state index contributed by atoms with van der Waals surface area (Å²) in [4.78, 5) is 0. The van der Waals surface area contributed by atoms with E-state index in [9.17, 15) is 0 Å². The first-order valence-electron chi connectivity index (χ1n) is 6.26. The van der Waals surface area contributed by atoms with Crippen LogP contribution in [0.4, 0.5) is 5.69 Å². The molecule has 5 nitrogen and oxygen atoms in total. The summed E-state index contributed by atoms with van der Waals surface area (Å²) in [6, 6.07) is 7.54. The van der Waals surface area contributed by atoms with Gasteiger partial charge >= 0.3 is 0 Å². The predicted molar refractivity (Wildman–Crippen MR) is 81.2 cm³/mol. The Morgan fingerprint density at radius 2 is 1.95 bits per heavy atom. The molecule has 0 aromatic heterocycles. The first-order valence-corrected chi connectivity index (χ1v) is 6.80. The second-order valence-corrected chi connectivity index (χ2v) is 3.98. The normalized spacial score (nSPS) is 9.47. The number of halogens is 1. The van der Waals surface area contributed by atoms with Crippen LogP contribution in [0.25, 0.3) is 0 Å². The highest BCUT2D eigenvalue weighted by Gasteiger charge is 1.93. The number of rotatable bonds is 8. The molecule has 0 fully saturated rings. The van der Waals surface area contributed by atoms with Crippen molar-refractivity contribution in [3.63, 3.8) is 0 Å². The third-order valence-corrected chi connectivity index (χ3v) is 2.22. The van der Waals surface area contributed by atoms with Gasteiger partial charge in [-0.05, 0) is 31.3 Å². The van der Waals surface area contributed by atoms with Gasteiger partial charge in [-0.25, -0.2) is 0 Å². The number of hydrogen-bond acceptors (Lipinski definition) is 5. The zero-order valence-corrected chi connectivity index (χ0v) is 12.1. The summed E-state index contributed by atoms with van der Waals surface area (Å²) in [7, 11) is 1.88. The number of anilines is 1. The van der Waals surface area contributed by atoms with Gasteiger partial charge in [-0.3, -0.25) is 0 Å². The minimum atomic E-state index is 0.0340. The SMILES string of the molecule is CNCCN.OCCOc1ccc(NCCCl)cc1. The molecule has 0 aliphatic rings. The smallest absolute Gasteiger partial charge is 0.119 e. The standard InChI is InChI=1S/C10H14ClNO2.C3H10N2/c11-5-6-12-9-1-3-10(4-2-9)14-8-7-13;1-5-3-2-4/h1-4,12-13H,5-8H2;5H,2-4H2,1H3. The van der Waals surface area contributed by atoms with E-state index in [0.717, 1.165) is 31.1 Å². The van der Waals surface area contributed by atoms with Crippen LogP contribution in [0.15, 0.2) is 24.3 Å². The fraction of sp³-hybridized carbons (Fsp3) is 0.538. The molecule has 1 aromatic carbocycles. The topological polar surface area (TPSA) is 79.5 Å². The Bertz CT molecular complexity index is 267. The minimum Gasteiger partial charge on any atom is -0.491 e. The van der Waals surface area contributed by atoms with Crippen LogP contribution in [0, 0.1) is 0 Å². The van der Waals surface area contributed by atoms with Crippen LogP contribution in [0.3, 0.4) is 0 Å². The van der Waals surface area contributed by atoms with Crippen molar-refractivity contribution in [3.8, 4) is 5.75 Å². The van der Waals surface area contributed by atoms with Gasteiger partial charge in [0.2, 0.25) is 0 Å². The number of aliphatic hydroxyl groups is 1. The van der Waals surface area contributed by atoms with Crippen molar-refractivity contribution in [2.24, 2.45) is 5.73 Å². The van der Waals surface area contributed by atoms with Crippen LogP contribution in [-0.2, 0) is 0 Å². The number of alkyl halides is 1. The van der Waals surface area contributed by atoms with Gasteiger partial charge in [0.25, 0.3) is 0 Å². The van der Waals surface area contributed by atoms with Gasteiger partial charge in [-0.15, -0.1) is 11.6 Å². The Morgan fingerprint density at radius 3 is 2.37 bits per heavy atom. The number of likely N-dealkylation sites (N-methyl/N-ethyl adjacent to an activating group) is 1. The molecule has 110 valence electrons. The van der Waals surface area contributed by atoms with E-state index >= 15 is 0 Å². The van der Waals surface area contributed by atoms with Gasteiger partial charge in [-0.2, -0.15) is 0 Å². The molecule has 0 saturated carbocycles. The second kappa shape index (κ2) is 13.4. The molecule has 0 spiro atoms. The molecule has 0 atom stereocenters. The maximum atomic E-state index is 8.55. The van der Waals surface area contributed by atoms with Gasteiger partial charge in [0.15, 0.2) is 0 Å². The predicted octanol–water partition coefficient (Wildman–Crippen LogP) is 0.873. The van der Waals surface area contributed by atoms with Gasteiger partial charge in [0, 0.05) is 31.2 Å². The quantitative estimate of drug-likeness (QED) is 0.534. The van der Waals surface area contributed by atoms with E-state index in [-0.39, 0.29) is 6.61 Å². The Kier molecular flexibility index (Phi) is 12.7. The van der Waals surface area contributed by atoms with Crippen LogP contribution in [0.2, 0.25) is 0 Å². The second-order valence-electron chi connectivity index (χ2n) is 3.60.